The molecule has 1 aliphatic rings. The van der Waals surface area contributed by atoms with Gasteiger partial charge in [-0.1, -0.05) is 37.3 Å². The normalized spacial score (nSPS) is 15.5. The number of carbonyl (C=O) groups is 1. The van der Waals surface area contributed by atoms with E-state index in [1.807, 2.05) is 18.3 Å². The van der Waals surface area contributed by atoms with Crippen LogP contribution < -0.4 is 5.32 Å². The van der Waals surface area contributed by atoms with Gasteiger partial charge in [0.2, 0.25) is 5.91 Å². The largest absolute Gasteiger partial charge is 0.350 e. The number of nitrogens with one attached hydrogen (secondary N) is 1. The summed E-state index contributed by atoms with van der Waals surface area (Å²) in [4.78, 5) is 15.9. The van der Waals surface area contributed by atoms with E-state index in [0.717, 1.165) is 23.7 Å². The van der Waals surface area contributed by atoms with Gasteiger partial charge < -0.3 is 5.32 Å². The standard InChI is InChI=1S/C17H23N5O/c23-17(7-6-14-4-2-1-3-5-14)19-12-15-13-22(21-20-15)16-8-10-18-11-9-16/h8-11,13-14H,1-7,12H2,(H,19,23). The molecule has 2 aromatic heterocycles. The van der Waals surface area contributed by atoms with E-state index in [0.29, 0.717) is 13.0 Å². The molecule has 6 nitrogen and oxygen atoms in total. The molecule has 0 bridgehead atoms. The molecule has 122 valence electrons. The fourth-order valence-electron chi connectivity index (χ4n) is 3.09. The quantitative estimate of drug-likeness (QED) is 0.890. The molecule has 1 saturated carbocycles. The Bertz CT molecular complexity index is 619. The van der Waals surface area contributed by atoms with Crippen molar-refractivity contribution in [3.63, 3.8) is 0 Å². The van der Waals surface area contributed by atoms with Gasteiger partial charge in [0, 0.05) is 18.8 Å². The van der Waals surface area contributed by atoms with E-state index in [2.05, 4.69) is 20.6 Å². The monoisotopic (exact) mass is 313 g/mol. The third-order valence-corrected chi connectivity index (χ3v) is 4.44. The van der Waals surface area contributed by atoms with Crippen molar-refractivity contribution >= 4 is 5.91 Å². The number of hydrogen-bond donors (Lipinski definition) is 1. The van der Waals surface area contributed by atoms with Crippen LogP contribution in [0.3, 0.4) is 0 Å². The van der Waals surface area contributed by atoms with Crippen LogP contribution in [0.5, 0.6) is 0 Å². The van der Waals surface area contributed by atoms with Gasteiger partial charge in [-0.25, -0.2) is 4.68 Å². The SMILES string of the molecule is O=C(CCC1CCCCC1)NCc1cn(-c2ccncc2)nn1. The van der Waals surface area contributed by atoms with Gasteiger partial charge in [-0.2, -0.15) is 0 Å². The highest BCUT2D eigenvalue weighted by atomic mass is 16.1. The first-order valence-corrected chi connectivity index (χ1v) is 8.39. The molecule has 6 heteroatoms. The van der Waals surface area contributed by atoms with Crippen molar-refractivity contribution in [3.8, 4) is 5.69 Å². The fourth-order valence-corrected chi connectivity index (χ4v) is 3.09. The predicted molar refractivity (Wildman–Crippen MR) is 86.8 cm³/mol. The highest BCUT2D eigenvalue weighted by molar-refractivity contribution is 5.75. The molecular formula is C17H23N5O. The molecule has 0 atom stereocenters. The molecule has 0 radical (unpaired) electrons. The molecule has 23 heavy (non-hydrogen) atoms. The molecule has 3 rings (SSSR count). The molecule has 0 saturated heterocycles. The average Bonchev–Trinajstić information content (AvgIpc) is 3.09. The summed E-state index contributed by atoms with van der Waals surface area (Å²) in [6.07, 6.45) is 13.5. The Morgan fingerprint density at radius 2 is 2.00 bits per heavy atom. The number of pyridine rings is 1. The van der Waals surface area contributed by atoms with Crippen molar-refractivity contribution in [2.75, 3.05) is 0 Å². The second-order valence-electron chi connectivity index (χ2n) is 6.18. The summed E-state index contributed by atoms with van der Waals surface area (Å²) in [6, 6.07) is 3.72. The van der Waals surface area contributed by atoms with E-state index in [4.69, 9.17) is 0 Å². The van der Waals surface area contributed by atoms with E-state index in [1.165, 1.54) is 32.1 Å². The zero-order chi connectivity index (χ0) is 15.9. The molecule has 0 spiro atoms. The molecule has 0 aromatic carbocycles. The first-order valence-electron chi connectivity index (χ1n) is 8.39. The highest BCUT2D eigenvalue weighted by Crippen LogP contribution is 2.27. The van der Waals surface area contributed by atoms with Crippen molar-refractivity contribution in [1.82, 2.24) is 25.3 Å². The third-order valence-electron chi connectivity index (χ3n) is 4.44. The van der Waals surface area contributed by atoms with Crippen molar-refractivity contribution in [2.24, 2.45) is 5.92 Å². The molecule has 0 unspecified atom stereocenters. The van der Waals surface area contributed by atoms with Gasteiger partial charge >= 0.3 is 0 Å². The predicted octanol–water partition coefficient (Wildman–Crippen LogP) is 2.64. The highest BCUT2D eigenvalue weighted by Gasteiger charge is 2.14. The van der Waals surface area contributed by atoms with Crippen LogP contribution in [0, 0.1) is 5.92 Å². The lowest BCUT2D eigenvalue weighted by molar-refractivity contribution is -0.121. The van der Waals surface area contributed by atoms with Crippen LogP contribution in [-0.2, 0) is 11.3 Å². The van der Waals surface area contributed by atoms with Crippen LogP contribution in [0.1, 0.15) is 50.6 Å². The van der Waals surface area contributed by atoms with Gasteiger partial charge in [-0.3, -0.25) is 9.78 Å². The molecule has 2 heterocycles. The van der Waals surface area contributed by atoms with Gasteiger partial charge in [0.05, 0.1) is 18.4 Å². The van der Waals surface area contributed by atoms with E-state index >= 15 is 0 Å². The maximum atomic E-state index is 12.0. The molecule has 1 N–H and O–H groups in total. The Morgan fingerprint density at radius 1 is 1.22 bits per heavy atom. The Balaban J connectivity index is 1.43. The summed E-state index contributed by atoms with van der Waals surface area (Å²) in [6.45, 7) is 0.425. The van der Waals surface area contributed by atoms with Gasteiger partial charge in [0.25, 0.3) is 0 Å². The van der Waals surface area contributed by atoms with Crippen molar-refractivity contribution in [1.29, 1.82) is 0 Å². The Morgan fingerprint density at radius 3 is 2.78 bits per heavy atom. The van der Waals surface area contributed by atoms with Crippen LogP contribution in [-0.4, -0.2) is 25.9 Å². The minimum atomic E-state index is 0.106. The smallest absolute Gasteiger partial charge is 0.220 e. The summed E-state index contributed by atoms with van der Waals surface area (Å²) in [5, 5.41) is 11.1. The number of amides is 1. The van der Waals surface area contributed by atoms with E-state index < -0.39 is 0 Å². The minimum Gasteiger partial charge on any atom is -0.350 e. The lowest BCUT2D eigenvalue weighted by Crippen LogP contribution is -2.23. The Hall–Kier alpha value is -2.24. The summed E-state index contributed by atoms with van der Waals surface area (Å²) in [7, 11) is 0. The zero-order valence-electron chi connectivity index (χ0n) is 13.3. The summed E-state index contributed by atoms with van der Waals surface area (Å²) < 4.78 is 1.69. The van der Waals surface area contributed by atoms with Gasteiger partial charge in [0.1, 0.15) is 5.69 Å². The average molecular weight is 313 g/mol. The number of nitrogens with zero attached hydrogens (tertiary/aromatic N) is 4. The second kappa shape index (κ2) is 7.85. The Kier molecular flexibility index (Phi) is 5.34. The number of rotatable bonds is 6. The van der Waals surface area contributed by atoms with Crippen LogP contribution in [0.15, 0.2) is 30.7 Å². The van der Waals surface area contributed by atoms with Gasteiger partial charge in [0.15, 0.2) is 0 Å². The summed E-state index contributed by atoms with van der Waals surface area (Å²) >= 11 is 0. The third kappa shape index (κ3) is 4.61. The van der Waals surface area contributed by atoms with Crippen molar-refractivity contribution in [3.05, 3.63) is 36.4 Å². The lowest BCUT2D eigenvalue weighted by Gasteiger charge is -2.20. The second-order valence-corrected chi connectivity index (χ2v) is 6.18. The van der Waals surface area contributed by atoms with E-state index in [1.54, 1.807) is 17.1 Å². The molecule has 2 aromatic rings. The maximum Gasteiger partial charge on any atom is 0.220 e. The van der Waals surface area contributed by atoms with Crippen LogP contribution in [0.4, 0.5) is 0 Å². The van der Waals surface area contributed by atoms with Crippen molar-refractivity contribution < 1.29 is 4.79 Å². The molecule has 0 aliphatic heterocycles. The minimum absolute atomic E-state index is 0.106. The summed E-state index contributed by atoms with van der Waals surface area (Å²) in [5.41, 5.74) is 1.66. The first-order chi connectivity index (χ1) is 11.3. The van der Waals surface area contributed by atoms with Crippen LogP contribution in [0.25, 0.3) is 5.69 Å². The summed E-state index contributed by atoms with van der Waals surface area (Å²) in [5.74, 6) is 0.844. The zero-order valence-corrected chi connectivity index (χ0v) is 13.3. The molecule has 1 amide bonds. The van der Waals surface area contributed by atoms with Gasteiger partial charge in [-0.05, 0) is 24.5 Å². The number of aromatic nitrogens is 4. The van der Waals surface area contributed by atoms with E-state index in [-0.39, 0.29) is 5.91 Å². The molecule has 1 aliphatic carbocycles. The molecular weight excluding hydrogens is 290 g/mol. The van der Waals surface area contributed by atoms with Crippen LogP contribution in [0.2, 0.25) is 0 Å². The van der Waals surface area contributed by atoms with Crippen LogP contribution >= 0.6 is 0 Å². The first kappa shape index (κ1) is 15.6. The van der Waals surface area contributed by atoms with Gasteiger partial charge in [-0.15, -0.1) is 5.10 Å². The van der Waals surface area contributed by atoms with E-state index in [9.17, 15) is 4.79 Å². The number of carbonyl (C=O) groups excluding carboxylic acids is 1. The number of hydrogen-bond acceptors (Lipinski definition) is 4. The lowest BCUT2D eigenvalue weighted by atomic mass is 9.86. The fraction of sp³-hybridized carbons (Fsp3) is 0.529. The molecule has 1 fully saturated rings. The van der Waals surface area contributed by atoms with Crippen molar-refractivity contribution in [2.45, 2.75) is 51.5 Å². The maximum absolute atomic E-state index is 12.0. The Labute approximate surface area is 136 Å². The topological polar surface area (TPSA) is 72.7 Å².